The van der Waals surface area contributed by atoms with Crippen molar-refractivity contribution in [1.29, 1.82) is 0 Å². The Balaban J connectivity index is 2.27. The molecule has 124 valence electrons. The molecule has 0 aliphatic rings. The zero-order chi connectivity index (χ0) is 16.5. The van der Waals surface area contributed by atoms with Crippen LogP contribution in [0.4, 0.5) is 0 Å². The van der Waals surface area contributed by atoms with E-state index in [9.17, 15) is 0 Å². The quantitative estimate of drug-likeness (QED) is 0.435. The van der Waals surface area contributed by atoms with Gasteiger partial charge in [0.25, 0.3) is 0 Å². The first kappa shape index (κ1) is 17.8. The van der Waals surface area contributed by atoms with Crippen LogP contribution in [0.1, 0.15) is 64.0 Å². The fourth-order valence-electron chi connectivity index (χ4n) is 3.31. The molecule has 0 saturated heterocycles. The van der Waals surface area contributed by atoms with Gasteiger partial charge in [0.1, 0.15) is 0 Å². The van der Waals surface area contributed by atoms with Crippen molar-refractivity contribution in [1.82, 2.24) is 0 Å². The molecule has 2 aromatic carbocycles. The summed E-state index contributed by atoms with van der Waals surface area (Å²) in [5.41, 5.74) is 5.96. The van der Waals surface area contributed by atoms with Gasteiger partial charge in [-0.3, -0.25) is 0 Å². The third-order valence-corrected chi connectivity index (χ3v) is 4.58. The second kappa shape index (κ2) is 9.55. The van der Waals surface area contributed by atoms with E-state index in [0.717, 1.165) is 5.92 Å². The van der Waals surface area contributed by atoms with Gasteiger partial charge in [-0.2, -0.15) is 0 Å². The van der Waals surface area contributed by atoms with E-state index in [1.165, 1.54) is 67.2 Å². The Morgan fingerprint density at radius 1 is 0.739 bits per heavy atom. The first-order valence-electron chi connectivity index (χ1n) is 9.38. The smallest absolute Gasteiger partial charge is 0.0120 e. The summed E-state index contributed by atoms with van der Waals surface area (Å²) in [6, 6.07) is 17.9. The lowest BCUT2D eigenvalue weighted by Gasteiger charge is -2.16. The Morgan fingerprint density at radius 2 is 1.39 bits per heavy atom. The van der Waals surface area contributed by atoms with E-state index in [2.05, 4.69) is 69.3 Å². The Labute approximate surface area is 143 Å². The summed E-state index contributed by atoms with van der Waals surface area (Å²) in [5, 5.41) is 0. The van der Waals surface area contributed by atoms with Crippen LogP contribution in [-0.4, -0.2) is 0 Å². The van der Waals surface area contributed by atoms with Crippen molar-refractivity contribution in [2.24, 2.45) is 5.92 Å². The van der Waals surface area contributed by atoms with Crippen molar-refractivity contribution in [2.75, 3.05) is 0 Å². The van der Waals surface area contributed by atoms with Crippen LogP contribution in [-0.2, 0) is 12.8 Å². The lowest BCUT2D eigenvalue weighted by Crippen LogP contribution is -1.98. The van der Waals surface area contributed by atoms with Crippen molar-refractivity contribution in [3.05, 3.63) is 59.7 Å². The summed E-state index contributed by atoms with van der Waals surface area (Å²) in [5.74, 6) is 0.794. The van der Waals surface area contributed by atoms with Gasteiger partial charge in [0.05, 0.1) is 0 Å². The molecule has 0 unspecified atom stereocenters. The van der Waals surface area contributed by atoms with Crippen LogP contribution in [0.25, 0.3) is 11.1 Å². The van der Waals surface area contributed by atoms with E-state index >= 15 is 0 Å². The number of unbranched alkanes of at least 4 members (excludes halogenated alkanes) is 2. The first-order chi connectivity index (χ1) is 11.2. The Kier molecular flexibility index (Phi) is 7.39. The van der Waals surface area contributed by atoms with E-state index in [1.807, 2.05) is 0 Å². The highest BCUT2D eigenvalue weighted by atomic mass is 14.1. The monoisotopic (exact) mass is 308 g/mol. The topological polar surface area (TPSA) is 0 Å². The fourth-order valence-corrected chi connectivity index (χ4v) is 3.31. The lowest BCUT2D eigenvalue weighted by atomic mass is 9.89. The number of hydrogen-bond acceptors (Lipinski definition) is 0. The van der Waals surface area contributed by atoms with Crippen molar-refractivity contribution in [3.8, 4) is 11.1 Å². The summed E-state index contributed by atoms with van der Waals surface area (Å²) in [6.45, 7) is 6.92. The van der Waals surface area contributed by atoms with Gasteiger partial charge in [-0.25, -0.2) is 0 Å². The van der Waals surface area contributed by atoms with E-state index in [0.29, 0.717) is 0 Å². The molecule has 0 heterocycles. The van der Waals surface area contributed by atoms with Gasteiger partial charge in [0.2, 0.25) is 0 Å². The Morgan fingerprint density at radius 3 is 2.00 bits per heavy atom. The van der Waals surface area contributed by atoms with Crippen molar-refractivity contribution in [3.63, 3.8) is 0 Å². The van der Waals surface area contributed by atoms with Gasteiger partial charge < -0.3 is 0 Å². The van der Waals surface area contributed by atoms with Crippen LogP contribution in [0.15, 0.2) is 48.5 Å². The van der Waals surface area contributed by atoms with Crippen LogP contribution in [0.5, 0.6) is 0 Å². The standard InChI is InChI=1S/C23H32/c1-4-5-7-13-21-17-11-18-22(16-10-12-19(2)3)23(21)20-14-8-6-9-15-20/h6,8-9,11,14-15,17-19H,4-5,7,10,12-13,16H2,1-3H3. The summed E-state index contributed by atoms with van der Waals surface area (Å²) < 4.78 is 0. The average Bonchev–Trinajstić information content (AvgIpc) is 2.56. The van der Waals surface area contributed by atoms with Crippen LogP contribution in [0.2, 0.25) is 0 Å². The molecule has 0 aromatic heterocycles. The maximum absolute atomic E-state index is 2.34. The van der Waals surface area contributed by atoms with Crippen LogP contribution < -0.4 is 0 Å². The maximum atomic E-state index is 2.34. The molecular formula is C23H32. The van der Waals surface area contributed by atoms with E-state index in [-0.39, 0.29) is 0 Å². The minimum atomic E-state index is 0.794. The SMILES string of the molecule is CCCCCc1cccc(CCCC(C)C)c1-c1ccccc1. The summed E-state index contributed by atoms with van der Waals surface area (Å²) in [6.07, 6.45) is 8.91. The molecule has 2 rings (SSSR count). The first-order valence-corrected chi connectivity index (χ1v) is 9.38. The molecule has 0 bridgehead atoms. The minimum absolute atomic E-state index is 0.794. The molecule has 0 fully saturated rings. The molecule has 0 spiro atoms. The number of rotatable bonds is 9. The molecule has 23 heavy (non-hydrogen) atoms. The highest BCUT2D eigenvalue weighted by Crippen LogP contribution is 2.30. The summed E-state index contributed by atoms with van der Waals surface area (Å²) in [7, 11) is 0. The van der Waals surface area contributed by atoms with Crippen LogP contribution in [0, 0.1) is 5.92 Å². The summed E-state index contributed by atoms with van der Waals surface area (Å²) >= 11 is 0. The summed E-state index contributed by atoms with van der Waals surface area (Å²) in [4.78, 5) is 0. The van der Waals surface area contributed by atoms with Crippen LogP contribution >= 0.6 is 0 Å². The third-order valence-electron chi connectivity index (χ3n) is 4.58. The molecule has 0 N–H and O–H groups in total. The van der Waals surface area contributed by atoms with E-state index in [1.54, 1.807) is 0 Å². The average molecular weight is 309 g/mol. The Hall–Kier alpha value is -1.56. The number of hydrogen-bond donors (Lipinski definition) is 0. The predicted octanol–water partition coefficient (Wildman–Crippen LogP) is 7.07. The molecule has 0 saturated carbocycles. The maximum Gasteiger partial charge on any atom is -0.0120 e. The van der Waals surface area contributed by atoms with Crippen molar-refractivity contribution < 1.29 is 0 Å². The van der Waals surface area contributed by atoms with Gasteiger partial charge in [-0.15, -0.1) is 0 Å². The zero-order valence-electron chi connectivity index (χ0n) is 15.1. The second-order valence-corrected chi connectivity index (χ2v) is 7.06. The minimum Gasteiger partial charge on any atom is -0.0654 e. The molecule has 2 aromatic rings. The second-order valence-electron chi connectivity index (χ2n) is 7.06. The van der Waals surface area contributed by atoms with Gasteiger partial charge in [-0.1, -0.05) is 88.6 Å². The molecule has 0 nitrogen and oxygen atoms in total. The molecular weight excluding hydrogens is 276 g/mol. The normalized spacial score (nSPS) is 11.1. The third kappa shape index (κ3) is 5.53. The fraction of sp³-hybridized carbons (Fsp3) is 0.478. The number of aryl methyl sites for hydroxylation is 2. The van der Waals surface area contributed by atoms with E-state index < -0.39 is 0 Å². The highest BCUT2D eigenvalue weighted by molar-refractivity contribution is 5.71. The van der Waals surface area contributed by atoms with Gasteiger partial charge in [-0.05, 0) is 53.9 Å². The Bertz CT molecular complexity index is 566. The lowest BCUT2D eigenvalue weighted by molar-refractivity contribution is 0.556. The van der Waals surface area contributed by atoms with Crippen LogP contribution in [0.3, 0.4) is 0 Å². The van der Waals surface area contributed by atoms with Gasteiger partial charge in [0, 0.05) is 0 Å². The molecule has 0 aliphatic heterocycles. The highest BCUT2D eigenvalue weighted by Gasteiger charge is 2.10. The van der Waals surface area contributed by atoms with Gasteiger partial charge >= 0.3 is 0 Å². The molecule has 0 aliphatic carbocycles. The molecule has 0 radical (unpaired) electrons. The molecule has 0 heteroatoms. The molecule has 0 amide bonds. The zero-order valence-corrected chi connectivity index (χ0v) is 15.1. The van der Waals surface area contributed by atoms with Crippen molar-refractivity contribution >= 4 is 0 Å². The van der Waals surface area contributed by atoms with Crippen molar-refractivity contribution in [2.45, 2.75) is 65.7 Å². The predicted molar refractivity (Wildman–Crippen MR) is 103 cm³/mol. The largest absolute Gasteiger partial charge is 0.0654 e. The number of benzene rings is 2. The van der Waals surface area contributed by atoms with Gasteiger partial charge in [0.15, 0.2) is 0 Å². The molecule has 0 atom stereocenters. The van der Waals surface area contributed by atoms with E-state index in [4.69, 9.17) is 0 Å².